The van der Waals surface area contributed by atoms with Gasteiger partial charge in [0.25, 0.3) is 0 Å². The van der Waals surface area contributed by atoms with Crippen LogP contribution in [0, 0.1) is 11.8 Å². The standard InChI is InChI=1S/C17H32O3/c1-3-5-6-14(4-2)16(18)15-7-10-20-17(13-15)8-11-19-12-9-17/h14-16,18H,3-13H2,1-2H3. The molecular weight excluding hydrogens is 252 g/mol. The Balaban J connectivity index is 1.92. The van der Waals surface area contributed by atoms with Crippen molar-refractivity contribution in [1.29, 1.82) is 0 Å². The first-order valence-electron chi connectivity index (χ1n) is 8.60. The van der Waals surface area contributed by atoms with Gasteiger partial charge in [-0.15, -0.1) is 0 Å². The zero-order valence-corrected chi connectivity index (χ0v) is 13.3. The molecule has 2 aliphatic rings. The quantitative estimate of drug-likeness (QED) is 0.811. The topological polar surface area (TPSA) is 38.7 Å². The third-order valence-electron chi connectivity index (χ3n) is 5.35. The predicted octanol–water partition coefficient (Wildman–Crippen LogP) is 3.54. The number of aliphatic hydroxyl groups is 1. The minimum Gasteiger partial charge on any atom is -0.393 e. The molecule has 2 aliphatic heterocycles. The van der Waals surface area contributed by atoms with E-state index >= 15 is 0 Å². The lowest BCUT2D eigenvalue weighted by atomic mass is 9.74. The van der Waals surface area contributed by atoms with Crippen LogP contribution in [0.5, 0.6) is 0 Å². The molecule has 0 aliphatic carbocycles. The van der Waals surface area contributed by atoms with E-state index in [1.807, 2.05) is 0 Å². The molecule has 2 saturated heterocycles. The fourth-order valence-corrected chi connectivity index (χ4v) is 3.92. The van der Waals surface area contributed by atoms with Crippen molar-refractivity contribution in [2.24, 2.45) is 11.8 Å². The predicted molar refractivity (Wildman–Crippen MR) is 80.8 cm³/mol. The van der Waals surface area contributed by atoms with E-state index in [2.05, 4.69) is 13.8 Å². The highest BCUT2D eigenvalue weighted by Gasteiger charge is 2.42. The molecule has 2 rings (SSSR count). The smallest absolute Gasteiger partial charge is 0.0730 e. The van der Waals surface area contributed by atoms with Crippen molar-refractivity contribution in [3.8, 4) is 0 Å². The third-order valence-corrected chi connectivity index (χ3v) is 5.35. The van der Waals surface area contributed by atoms with Crippen molar-refractivity contribution in [1.82, 2.24) is 0 Å². The first-order chi connectivity index (χ1) is 9.71. The van der Waals surface area contributed by atoms with E-state index in [9.17, 15) is 5.11 Å². The highest BCUT2D eigenvalue weighted by Crippen LogP contribution is 2.40. The van der Waals surface area contributed by atoms with Gasteiger partial charge in [0.1, 0.15) is 0 Å². The zero-order chi connectivity index (χ0) is 14.4. The Labute approximate surface area is 124 Å². The summed E-state index contributed by atoms with van der Waals surface area (Å²) in [6, 6.07) is 0. The molecule has 0 aromatic heterocycles. The summed E-state index contributed by atoms with van der Waals surface area (Å²) >= 11 is 0. The monoisotopic (exact) mass is 284 g/mol. The molecule has 0 amide bonds. The molecule has 3 heteroatoms. The molecule has 0 aromatic carbocycles. The van der Waals surface area contributed by atoms with Crippen molar-refractivity contribution in [3.05, 3.63) is 0 Å². The van der Waals surface area contributed by atoms with Crippen LogP contribution in [-0.2, 0) is 9.47 Å². The molecular formula is C17H32O3. The van der Waals surface area contributed by atoms with Crippen LogP contribution < -0.4 is 0 Å². The normalized spacial score (nSPS) is 29.2. The second-order valence-electron chi connectivity index (χ2n) is 6.70. The third kappa shape index (κ3) is 3.96. The molecule has 1 spiro atoms. The highest BCUT2D eigenvalue weighted by molar-refractivity contribution is 4.92. The largest absolute Gasteiger partial charge is 0.393 e. The van der Waals surface area contributed by atoms with Crippen LogP contribution in [0.1, 0.15) is 65.2 Å². The summed E-state index contributed by atoms with van der Waals surface area (Å²) in [5, 5.41) is 10.8. The van der Waals surface area contributed by atoms with Crippen LogP contribution in [0.25, 0.3) is 0 Å². The summed E-state index contributed by atoms with van der Waals surface area (Å²) in [6.07, 6.45) is 8.62. The number of rotatable bonds is 6. The first-order valence-corrected chi connectivity index (χ1v) is 8.60. The van der Waals surface area contributed by atoms with Crippen LogP contribution in [-0.4, -0.2) is 36.6 Å². The van der Waals surface area contributed by atoms with Gasteiger partial charge in [0.05, 0.1) is 11.7 Å². The molecule has 0 saturated carbocycles. The number of hydrogen-bond donors (Lipinski definition) is 1. The van der Waals surface area contributed by atoms with Crippen molar-refractivity contribution in [2.75, 3.05) is 19.8 Å². The fourth-order valence-electron chi connectivity index (χ4n) is 3.92. The molecule has 1 N–H and O–H groups in total. The summed E-state index contributed by atoms with van der Waals surface area (Å²) in [5.41, 5.74) is 0.00515. The van der Waals surface area contributed by atoms with Gasteiger partial charge >= 0.3 is 0 Å². The Hall–Kier alpha value is -0.120. The fraction of sp³-hybridized carbons (Fsp3) is 1.00. The van der Waals surface area contributed by atoms with Crippen LogP contribution in [0.4, 0.5) is 0 Å². The molecule has 3 unspecified atom stereocenters. The van der Waals surface area contributed by atoms with Crippen molar-refractivity contribution < 1.29 is 14.6 Å². The second kappa shape index (κ2) is 7.77. The maximum atomic E-state index is 10.8. The maximum absolute atomic E-state index is 10.8. The van der Waals surface area contributed by atoms with Gasteiger partial charge in [-0.2, -0.15) is 0 Å². The number of aliphatic hydroxyl groups excluding tert-OH is 1. The van der Waals surface area contributed by atoms with Gasteiger partial charge < -0.3 is 14.6 Å². The SMILES string of the molecule is CCCCC(CC)C(O)C1CCOC2(CCOCC2)C1. The lowest BCUT2D eigenvalue weighted by Crippen LogP contribution is -2.47. The summed E-state index contributed by atoms with van der Waals surface area (Å²) in [6.45, 7) is 6.88. The van der Waals surface area contributed by atoms with E-state index in [0.29, 0.717) is 11.8 Å². The van der Waals surface area contributed by atoms with Crippen LogP contribution in [0.15, 0.2) is 0 Å². The molecule has 0 radical (unpaired) electrons. The van der Waals surface area contributed by atoms with Gasteiger partial charge in [0.15, 0.2) is 0 Å². The van der Waals surface area contributed by atoms with Crippen LogP contribution in [0.2, 0.25) is 0 Å². The average molecular weight is 284 g/mol. The van der Waals surface area contributed by atoms with Crippen LogP contribution in [0.3, 0.4) is 0 Å². The maximum Gasteiger partial charge on any atom is 0.0730 e. The van der Waals surface area contributed by atoms with E-state index < -0.39 is 0 Å². The van der Waals surface area contributed by atoms with Crippen molar-refractivity contribution >= 4 is 0 Å². The zero-order valence-electron chi connectivity index (χ0n) is 13.3. The van der Waals surface area contributed by atoms with Gasteiger partial charge in [-0.05, 0) is 43.9 Å². The molecule has 20 heavy (non-hydrogen) atoms. The number of unbranched alkanes of at least 4 members (excludes halogenated alkanes) is 1. The Morgan fingerprint density at radius 1 is 1.20 bits per heavy atom. The molecule has 2 fully saturated rings. The van der Waals surface area contributed by atoms with E-state index in [4.69, 9.17) is 9.47 Å². The summed E-state index contributed by atoms with van der Waals surface area (Å²) in [7, 11) is 0. The van der Waals surface area contributed by atoms with E-state index in [-0.39, 0.29) is 11.7 Å². The van der Waals surface area contributed by atoms with E-state index in [1.165, 1.54) is 19.3 Å². The summed E-state index contributed by atoms with van der Waals surface area (Å²) in [4.78, 5) is 0. The van der Waals surface area contributed by atoms with Crippen molar-refractivity contribution in [2.45, 2.75) is 76.9 Å². The Kier molecular flexibility index (Phi) is 6.31. The van der Waals surface area contributed by atoms with Gasteiger partial charge in [-0.1, -0.05) is 33.1 Å². The molecule has 3 nitrogen and oxygen atoms in total. The van der Waals surface area contributed by atoms with Gasteiger partial charge in [-0.25, -0.2) is 0 Å². The van der Waals surface area contributed by atoms with E-state index in [1.54, 1.807) is 0 Å². The molecule has 3 atom stereocenters. The molecule has 0 bridgehead atoms. The highest BCUT2D eigenvalue weighted by atomic mass is 16.5. The Bertz CT molecular complexity index is 268. The molecule has 118 valence electrons. The lowest BCUT2D eigenvalue weighted by molar-refractivity contribution is -0.162. The number of hydrogen-bond acceptors (Lipinski definition) is 3. The minimum atomic E-state index is -0.143. The molecule has 2 heterocycles. The van der Waals surface area contributed by atoms with Crippen LogP contribution >= 0.6 is 0 Å². The van der Waals surface area contributed by atoms with Gasteiger partial charge in [0, 0.05) is 19.8 Å². The van der Waals surface area contributed by atoms with Gasteiger partial charge in [-0.3, -0.25) is 0 Å². The molecule has 0 aromatic rings. The van der Waals surface area contributed by atoms with E-state index in [0.717, 1.165) is 51.9 Å². The number of ether oxygens (including phenoxy) is 2. The average Bonchev–Trinajstić information content (AvgIpc) is 2.48. The second-order valence-corrected chi connectivity index (χ2v) is 6.70. The lowest BCUT2D eigenvalue weighted by Gasteiger charge is -2.45. The summed E-state index contributed by atoms with van der Waals surface area (Å²) in [5.74, 6) is 0.888. The Morgan fingerprint density at radius 3 is 2.60 bits per heavy atom. The minimum absolute atomic E-state index is 0.00515. The summed E-state index contributed by atoms with van der Waals surface area (Å²) < 4.78 is 11.6. The Morgan fingerprint density at radius 2 is 1.95 bits per heavy atom. The van der Waals surface area contributed by atoms with Gasteiger partial charge in [0.2, 0.25) is 0 Å². The van der Waals surface area contributed by atoms with Crippen molar-refractivity contribution in [3.63, 3.8) is 0 Å². The first kappa shape index (κ1) is 16.3.